The van der Waals surface area contributed by atoms with Crippen LogP contribution in [-0.4, -0.2) is 33.0 Å². The zero-order chi connectivity index (χ0) is 14.9. The Morgan fingerprint density at radius 1 is 1.26 bits per heavy atom. The molecule has 0 aromatic heterocycles. The maximum atomic E-state index is 11.0. The summed E-state index contributed by atoms with van der Waals surface area (Å²) in [6, 6.07) is 0. The van der Waals surface area contributed by atoms with E-state index in [-0.39, 0.29) is 5.97 Å². The molecule has 5 heteroatoms. The SMILES string of the molecule is COC(=O)/C=C(\C)CC/C=C(\C)CO[Si](C)(C)CBr. The Morgan fingerprint density at radius 2 is 1.89 bits per heavy atom. The van der Waals surface area contributed by atoms with E-state index in [4.69, 9.17) is 4.43 Å². The average Bonchev–Trinajstić information content (AvgIpc) is 2.36. The third-order valence-corrected chi connectivity index (χ3v) is 8.23. The average molecular weight is 349 g/mol. The van der Waals surface area contributed by atoms with E-state index in [1.54, 1.807) is 6.08 Å². The number of esters is 1. The minimum atomic E-state index is -1.52. The zero-order valence-electron chi connectivity index (χ0n) is 12.6. The Bertz CT molecular complexity index is 349. The van der Waals surface area contributed by atoms with Gasteiger partial charge in [0.25, 0.3) is 0 Å². The lowest BCUT2D eigenvalue weighted by molar-refractivity contribution is -0.134. The summed E-state index contributed by atoms with van der Waals surface area (Å²) in [6.45, 7) is 9.11. The van der Waals surface area contributed by atoms with Crippen LogP contribution in [0.4, 0.5) is 0 Å². The van der Waals surface area contributed by atoms with Gasteiger partial charge in [0.1, 0.15) is 0 Å². The normalized spacial score (nSPS) is 13.6. The van der Waals surface area contributed by atoms with Gasteiger partial charge in [0.15, 0.2) is 8.32 Å². The van der Waals surface area contributed by atoms with Crippen LogP contribution in [-0.2, 0) is 14.0 Å². The predicted molar refractivity (Wildman–Crippen MR) is 86.0 cm³/mol. The molecule has 0 aromatic carbocycles. The Hall–Kier alpha value is -0.393. The second kappa shape index (κ2) is 9.50. The molecule has 0 bridgehead atoms. The number of ether oxygens (including phenoxy) is 1. The highest BCUT2D eigenvalue weighted by Crippen LogP contribution is 2.11. The summed E-state index contributed by atoms with van der Waals surface area (Å²) in [7, 11) is -0.133. The molecule has 0 aliphatic heterocycles. The second-order valence-electron chi connectivity index (χ2n) is 5.29. The number of alkyl halides is 1. The van der Waals surface area contributed by atoms with Gasteiger partial charge < -0.3 is 9.16 Å². The van der Waals surface area contributed by atoms with E-state index in [1.165, 1.54) is 12.7 Å². The van der Waals surface area contributed by atoms with Crippen LogP contribution in [0.5, 0.6) is 0 Å². The number of rotatable bonds is 8. The van der Waals surface area contributed by atoms with E-state index >= 15 is 0 Å². The summed E-state index contributed by atoms with van der Waals surface area (Å²) in [5.41, 5.74) is 2.28. The Balaban J connectivity index is 4.06. The molecule has 19 heavy (non-hydrogen) atoms. The molecular formula is C14H25BrO3Si. The Labute approximate surface area is 126 Å². The molecule has 0 aliphatic carbocycles. The molecule has 3 nitrogen and oxygen atoms in total. The third kappa shape index (κ3) is 10.1. The molecule has 0 rings (SSSR count). The van der Waals surface area contributed by atoms with Crippen LogP contribution in [0, 0.1) is 0 Å². The topological polar surface area (TPSA) is 35.5 Å². The van der Waals surface area contributed by atoms with Gasteiger partial charge in [0, 0.05) is 11.0 Å². The third-order valence-electron chi connectivity index (χ3n) is 2.61. The lowest BCUT2D eigenvalue weighted by atomic mass is 10.1. The summed E-state index contributed by atoms with van der Waals surface area (Å²) in [5, 5.41) is 0. The first-order valence-corrected chi connectivity index (χ1v) is 10.6. The van der Waals surface area contributed by atoms with Crippen LogP contribution in [0.15, 0.2) is 23.3 Å². The van der Waals surface area contributed by atoms with Crippen LogP contribution in [0.2, 0.25) is 13.1 Å². The van der Waals surface area contributed by atoms with Crippen molar-refractivity contribution in [3.05, 3.63) is 23.3 Å². The van der Waals surface area contributed by atoms with Crippen molar-refractivity contribution < 1.29 is 14.0 Å². The van der Waals surface area contributed by atoms with Crippen LogP contribution in [0.1, 0.15) is 26.7 Å². The van der Waals surface area contributed by atoms with Crippen molar-refractivity contribution in [1.82, 2.24) is 0 Å². The fourth-order valence-corrected chi connectivity index (χ4v) is 2.47. The molecule has 0 radical (unpaired) electrons. The number of methoxy groups -OCH3 is 1. The van der Waals surface area contributed by atoms with E-state index < -0.39 is 8.32 Å². The highest BCUT2D eigenvalue weighted by Gasteiger charge is 2.20. The van der Waals surface area contributed by atoms with Crippen molar-refractivity contribution in [2.45, 2.75) is 39.8 Å². The summed E-state index contributed by atoms with van der Waals surface area (Å²) < 4.78 is 10.5. The zero-order valence-corrected chi connectivity index (χ0v) is 15.2. The van der Waals surface area contributed by atoms with Crippen LogP contribution in [0.25, 0.3) is 0 Å². The monoisotopic (exact) mass is 348 g/mol. The van der Waals surface area contributed by atoms with Gasteiger partial charge in [-0.25, -0.2) is 4.79 Å². The minimum Gasteiger partial charge on any atom is -0.466 e. The van der Waals surface area contributed by atoms with Gasteiger partial charge in [-0.05, 0) is 39.8 Å². The van der Waals surface area contributed by atoms with E-state index in [0.29, 0.717) is 6.61 Å². The highest BCUT2D eigenvalue weighted by molar-refractivity contribution is 9.09. The number of hydrogen-bond acceptors (Lipinski definition) is 3. The van der Waals surface area contributed by atoms with E-state index in [2.05, 4.69) is 46.8 Å². The van der Waals surface area contributed by atoms with Crippen molar-refractivity contribution in [3.8, 4) is 0 Å². The van der Waals surface area contributed by atoms with Crippen LogP contribution in [0.3, 0.4) is 0 Å². The summed E-state index contributed by atoms with van der Waals surface area (Å²) in [6.07, 6.45) is 5.50. The van der Waals surface area contributed by atoms with Gasteiger partial charge in [-0.15, -0.1) is 0 Å². The molecule has 0 atom stereocenters. The molecule has 0 spiro atoms. The van der Waals surface area contributed by atoms with Crippen LogP contribution >= 0.6 is 15.9 Å². The first kappa shape index (κ1) is 18.6. The van der Waals surface area contributed by atoms with E-state index in [0.717, 1.165) is 23.4 Å². The number of carbonyl (C=O) groups is 1. The molecule has 0 unspecified atom stereocenters. The molecular weight excluding hydrogens is 324 g/mol. The fraction of sp³-hybridized carbons (Fsp3) is 0.643. The van der Waals surface area contributed by atoms with Crippen molar-refractivity contribution in [1.29, 1.82) is 0 Å². The van der Waals surface area contributed by atoms with Gasteiger partial charge >= 0.3 is 5.97 Å². The van der Waals surface area contributed by atoms with E-state index in [9.17, 15) is 4.79 Å². The van der Waals surface area contributed by atoms with Crippen molar-refractivity contribution in [2.75, 3.05) is 18.7 Å². The van der Waals surface area contributed by atoms with Crippen molar-refractivity contribution >= 4 is 30.2 Å². The molecule has 0 saturated heterocycles. The lowest BCUT2D eigenvalue weighted by Gasteiger charge is -2.20. The van der Waals surface area contributed by atoms with Gasteiger partial charge in [0.05, 0.1) is 13.7 Å². The fourth-order valence-electron chi connectivity index (χ4n) is 1.29. The standard InChI is InChI=1S/C14H25BrO3Si/c1-12(9-14(16)17-3)7-6-8-13(2)10-18-19(4,5)11-15/h8-9H,6-7,10-11H2,1-5H3/b12-9+,13-8+. The molecule has 0 N–H and O–H groups in total. The molecule has 0 amide bonds. The number of carbonyl (C=O) groups excluding carboxylic acids is 1. The molecule has 0 aromatic rings. The van der Waals surface area contributed by atoms with Crippen molar-refractivity contribution in [3.63, 3.8) is 0 Å². The smallest absolute Gasteiger partial charge is 0.330 e. The molecule has 0 saturated carbocycles. The number of halogens is 1. The van der Waals surface area contributed by atoms with E-state index in [1.807, 2.05) is 6.92 Å². The molecule has 0 heterocycles. The van der Waals surface area contributed by atoms with Gasteiger partial charge in [-0.1, -0.05) is 33.2 Å². The molecule has 0 aliphatic rings. The summed E-state index contributed by atoms with van der Waals surface area (Å²) in [5.74, 6) is -0.286. The second-order valence-corrected chi connectivity index (χ2v) is 11.0. The predicted octanol–water partition coefficient (Wildman–Crippen LogP) is 3.99. The molecule has 0 fully saturated rings. The maximum absolute atomic E-state index is 11.0. The van der Waals surface area contributed by atoms with Crippen molar-refractivity contribution in [2.24, 2.45) is 0 Å². The number of hydrogen-bond donors (Lipinski definition) is 0. The van der Waals surface area contributed by atoms with Crippen LogP contribution < -0.4 is 0 Å². The highest BCUT2D eigenvalue weighted by atomic mass is 79.9. The van der Waals surface area contributed by atoms with Gasteiger partial charge in [0.2, 0.25) is 0 Å². The first-order chi connectivity index (χ1) is 8.80. The maximum Gasteiger partial charge on any atom is 0.330 e. The Morgan fingerprint density at radius 3 is 2.42 bits per heavy atom. The van der Waals surface area contributed by atoms with Gasteiger partial charge in [-0.3, -0.25) is 0 Å². The summed E-state index contributed by atoms with van der Waals surface area (Å²) >= 11 is 3.49. The Kier molecular flexibility index (Phi) is 9.30. The minimum absolute atomic E-state index is 0.286. The first-order valence-electron chi connectivity index (χ1n) is 6.41. The van der Waals surface area contributed by atoms with Gasteiger partial charge in [-0.2, -0.15) is 0 Å². The lowest BCUT2D eigenvalue weighted by Crippen LogP contribution is -2.33. The number of allylic oxidation sites excluding steroid dienone is 2. The summed E-state index contributed by atoms with van der Waals surface area (Å²) in [4.78, 5) is 12.0. The molecule has 110 valence electrons. The quantitative estimate of drug-likeness (QED) is 0.219. The largest absolute Gasteiger partial charge is 0.466 e.